The summed E-state index contributed by atoms with van der Waals surface area (Å²) in [5, 5.41) is 0. The average molecular weight is 340 g/mol. The number of hydrogen-bond acceptors (Lipinski definition) is 2. The van der Waals surface area contributed by atoms with E-state index in [1.54, 1.807) is 0 Å². The monoisotopic (exact) mass is 340 g/mol. The lowest BCUT2D eigenvalue weighted by Gasteiger charge is -2.35. The minimum atomic E-state index is 0.350. The fraction of sp³-hybridized carbons (Fsp3) is 0.636. The van der Waals surface area contributed by atoms with Crippen molar-refractivity contribution in [2.24, 2.45) is 0 Å². The molecule has 3 rings (SSSR count). The molecule has 2 fully saturated rings. The van der Waals surface area contributed by atoms with Crippen LogP contribution in [0.3, 0.4) is 0 Å². The first-order valence-corrected chi connectivity index (χ1v) is 10.4. The standard InChI is InChI=1S/C22H33BO2/c1-2-22(24-18-19-12-6-3-7-13-19)25-23(20-14-8-4-9-15-20)21-16-10-5-11-17-21/h2-3,6-7,12-13,20-21H,4-5,8-11,14-18H2,1H3/b22-2+. The van der Waals surface area contributed by atoms with Gasteiger partial charge in [-0.1, -0.05) is 94.5 Å². The summed E-state index contributed by atoms with van der Waals surface area (Å²) in [6.45, 7) is 2.96. The van der Waals surface area contributed by atoms with Gasteiger partial charge in [0.25, 0.3) is 5.95 Å². The zero-order chi connectivity index (χ0) is 17.3. The minimum absolute atomic E-state index is 0.350. The van der Waals surface area contributed by atoms with Gasteiger partial charge in [-0.25, -0.2) is 0 Å². The van der Waals surface area contributed by atoms with Gasteiger partial charge in [-0.05, 0) is 30.2 Å². The first-order chi connectivity index (χ1) is 12.4. The molecule has 0 saturated heterocycles. The van der Waals surface area contributed by atoms with E-state index < -0.39 is 0 Å². The van der Waals surface area contributed by atoms with Gasteiger partial charge in [0.05, 0.1) is 0 Å². The van der Waals surface area contributed by atoms with Crippen LogP contribution in [-0.2, 0) is 16.0 Å². The molecule has 0 bridgehead atoms. The van der Waals surface area contributed by atoms with Crippen molar-refractivity contribution in [3.63, 3.8) is 0 Å². The lowest BCUT2D eigenvalue weighted by Crippen LogP contribution is -2.33. The smallest absolute Gasteiger partial charge is 0.368 e. The summed E-state index contributed by atoms with van der Waals surface area (Å²) in [5.41, 5.74) is 1.19. The van der Waals surface area contributed by atoms with Crippen LogP contribution in [-0.4, -0.2) is 6.92 Å². The lowest BCUT2D eigenvalue weighted by atomic mass is 9.42. The summed E-state index contributed by atoms with van der Waals surface area (Å²) in [6, 6.07) is 10.4. The normalized spacial score (nSPS) is 20.3. The van der Waals surface area contributed by atoms with Crippen LogP contribution in [0.2, 0.25) is 11.6 Å². The Bertz CT molecular complexity index is 498. The largest absolute Gasteiger partial charge is 0.536 e. The van der Waals surface area contributed by atoms with E-state index in [1.807, 2.05) is 19.1 Å². The lowest BCUT2D eigenvalue weighted by molar-refractivity contribution is 0.0891. The Hall–Kier alpha value is -1.38. The predicted octanol–water partition coefficient (Wildman–Crippen LogP) is 6.74. The number of ether oxygens (including phenoxy) is 1. The van der Waals surface area contributed by atoms with Crippen molar-refractivity contribution < 1.29 is 9.39 Å². The Morgan fingerprint density at radius 3 is 2.00 bits per heavy atom. The number of benzene rings is 1. The molecular weight excluding hydrogens is 307 g/mol. The minimum Gasteiger partial charge on any atom is -0.536 e. The van der Waals surface area contributed by atoms with Gasteiger partial charge in [0, 0.05) is 0 Å². The van der Waals surface area contributed by atoms with Crippen LogP contribution in [0.25, 0.3) is 0 Å². The maximum Gasteiger partial charge on any atom is 0.368 e. The van der Waals surface area contributed by atoms with Crippen LogP contribution in [0, 0.1) is 0 Å². The molecule has 2 nitrogen and oxygen atoms in total. The highest BCUT2D eigenvalue weighted by Gasteiger charge is 2.38. The van der Waals surface area contributed by atoms with Crippen molar-refractivity contribution in [1.29, 1.82) is 0 Å². The molecule has 0 aliphatic heterocycles. The molecule has 136 valence electrons. The third-order valence-corrected chi connectivity index (χ3v) is 5.94. The van der Waals surface area contributed by atoms with E-state index in [1.165, 1.54) is 69.8 Å². The molecule has 3 heteroatoms. The van der Waals surface area contributed by atoms with Crippen LogP contribution in [0.15, 0.2) is 42.4 Å². The van der Waals surface area contributed by atoms with Crippen molar-refractivity contribution in [1.82, 2.24) is 0 Å². The van der Waals surface area contributed by atoms with Gasteiger partial charge < -0.3 is 9.39 Å². The molecule has 0 N–H and O–H groups in total. The molecule has 1 aromatic carbocycles. The van der Waals surface area contributed by atoms with Crippen LogP contribution < -0.4 is 0 Å². The second-order valence-corrected chi connectivity index (χ2v) is 7.76. The molecule has 0 unspecified atom stereocenters. The Balaban J connectivity index is 1.62. The molecule has 0 atom stereocenters. The van der Waals surface area contributed by atoms with Gasteiger partial charge >= 0.3 is 6.92 Å². The molecule has 2 aliphatic carbocycles. The molecule has 0 aromatic heterocycles. The van der Waals surface area contributed by atoms with E-state index >= 15 is 0 Å². The van der Waals surface area contributed by atoms with E-state index in [0.29, 0.717) is 25.2 Å². The van der Waals surface area contributed by atoms with Crippen LogP contribution in [0.5, 0.6) is 0 Å². The Morgan fingerprint density at radius 2 is 1.48 bits per heavy atom. The highest BCUT2D eigenvalue weighted by atomic mass is 16.7. The van der Waals surface area contributed by atoms with Crippen LogP contribution in [0.4, 0.5) is 0 Å². The maximum atomic E-state index is 6.54. The third kappa shape index (κ3) is 5.55. The second-order valence-electron chi connectivity index (χ2n) is 7.76. The number of allylic oxidation sites excluding steroid dienone is 1. The van der Waals surface area contributed by atoms with E-state index in [4.69, 9.17) is 9.39 Å². The summed E-state index contributed by atoms with van der Waals surface area (Å²) in [5.74, 6) is 2.16. The SMILES string of the molecule is C/C=C(\OCc1ccccc1)OB(C1CCCCC1)C1CCCCC1. The van der Waals surface area contributed by atoms with E-state index in [0.717, 1.165) is 5.95 Å². The van der Waals surface area contributed by atoms with Gasteiger partial charge in [-0.15, -0.1) is 0 Å². The summed E-state index contributed by atoms with van der Waals surface area (Å²) < 4.78 is 12.6. The zero-order valence-corrected chi connectivity index (χ0v) is 15.8. The average Bonchev–Trinajstić information content (AvgIpc) is 2.70. The second kappa shape index (κ2) is 9.94. The molecule has 0 amide bonds. The summed E-state index contributed by atoms with van der Waals surface area (Å²) in [7, 11) is 0. The van der Waals surface area contributed by atoms with E-state index in [-0.39, 0.29) is 0 Å². The van der Waals surface area contributed by atoms with Gasteiger partial charge in [0.2, 0.25) is 0 Å². The van der Waals surface area contributed by atoms with Crippen molar-refractivity contribution in [2.45, 2.75) is 89.4 Å². The Labute approximate surface area is 154 Å². The first kappa shape index (κ1) is 18.4. The van der Waals surface area contributed by atoms with Gasteiger partial charge in [0.15, 0.2) is 0 Å². The Kier molecular flexibility index (Phi) is 7.32. The zero-order valence-electron chi connectivity index (χ0n) is 15.8. The van der Waals surface area contributed by atoms with Crippen molar-refractivity contribution >= 4 is 6.92 Å². The maximum absolute atomic E-state index is 6.54. The van der Waals surface area contributed by atoms with Crippen LogP contribution >= 0.6 is 0 Å². The fourth-order valence-corrected chi connectivity index (χ4v) is 4.55. The highest BCUT2D eigenvalue weighted by Crippen LogP contribution is 2.42. The van der Waals surface area contributed by atoms with Crippen molar-refractivity contribution in [3.8, 4) is 0 Å². The van der Waals surface area contributed by atoms with Crippen LogP contribution in [0.1, 0.15) is 76.7 Å². The first-order valence-electron chi connectivity index (χ1n) is 10.4. The summed E-state index contributed by atoms with van der Waals surface area (Å²) >= 11 is 0. The topological polar surface area (TPSA) is 18.5 Å². The van der Waals surface area contributed by atoms with Gasteiger partial charge in [0.1, 0.15) is 6.61 Å². The predicted molar refractivity (Wildman–Crippen MR) is 105 cm³/mol. The van der Waals surface area contributed by atoms with E-state index in [9.17, 15) is 0 Å². The number of rotatable bonds is 7. The molecule has 2 saturated carbocycles. The van der Waals surface area contributed by atoms with Crippen molar-refractivity contribution in [2.75, 3.05) is 0 Å². The molecule has 25 heavy (non-hydrogen) atoms. The molecule has 0 heterocycles. The quantitative estimate of drug-likeness (QED) is 0.404. The summed E-state index contributed by atoms with van der Waals surface area (Å²) in [4.78, 5) is 0. The molecule has 1 aromatic rings. The van der Waals surface area contributed by atoms with Crippen molar-refractivity contribution in [3.05, 3.63) is 47.9 Å². The molecule has 2 aliphatic rings. The summed E-state index contributed by atoms with van der Waals surface area (Å²) in [6.07, 6.45) is 15.6. The molecule has 0 radical (unpaired) electrons. The number of hydrogen-bond donors (Lipinski definition) is 0. The molecular formula is C22H33BO2. The highest BCUT2D eigenvalue weighted by molar-refractivity contribution is 6.55. The van der Waals surface area contributed by atoms with Gasteiger partial charge in [-0.2, -0.15) is 0 Å². The third-order valence-electron chi connectivity index (χ3n) is 5.94. The van der Waals surface area contributed by atoms with E-state index in [2.05, 4.69) is 24.3 Å². The fourth-order valence-electron chi connectivity index (χ4n) is 4.55. The van der Waals surface area contributed by atoms with Gasteiger partial charge in [-0.3, -0.25) is 0 Å². The Morgan fingerprint density at radius 1 is 0.920 bits per heavy atom. The molecule has 0 spiro atoms.